The van der Waals surface area contributed by atoms with E-state index in [9.17, 15) is 4.57 Å². The second-order valence-corrected chi connectivity index (χ2v) is 6.08. The second kappa shape index (κ2) is 7.68. The Balaban J connectivity index is 2.47. The van der Waals surface area contributed by atoms with Gasteiger partial charge in [0, 0.05) is 5.30 Å². The SMILES string of the molecule is CCc1ccccc1[PH](=O)OCCCC(C)C. The number of hydrogen-bond acceptors (Lipinski definition) is 2. The van der Waals surface area contributed by atoms with Gasteiger partial charge in [0.25, 0.3) is 0 Å². The maximum absolute atomic E-state index is 12.0. The predicted octanol–water partition coefficient (Wildman–Crippen LogP) is 3.80. The lowest BCUT2D eigenvalue weighted by Crippen LogP contribution is -2.06. The molecule has 0 N–H and O–H groups in total. The normalized spacial score (nSPS) is 12.9. The van der Waals surface area contributed by atoms with Crippen LogP contribution in [-0.2, 0) is 15.5 Å². The Bertz CT molecular complexity index is 361. The van der Waals surface area contributed by atoms with E-state index in [0.29, 0.717) is 12.5 Å². The standard InChI is InChI=1S/C14H23O2P/c1-4-13-9-5-6-10-14(13)17(15)16-11-7-8-12(2)3/h5-6,9-10,12,17H,4,7-8,11H2,1-3H3. The fourth-order valence-electron chi connectivity index (χ4n) is 1.76. The van der Waals surface area contributed by atoms with Crippen molar-refractivity contribution in [2.24, 2.45) is 5.92 Å². The first-order valence-corrected chi connectivity index (χ1v) is 7.71. The fourth-order valence-corrected chi connectivity index (χ4v) is 3.00. The van der Waals surface area contributed by atoms with E-state index in [0.717, 1.165) is 30.1 Å². The van der Waals surface area contributed by atoms with Gasteiger partial charge in [0.05, 0.1) is 6.61 Å². The van der Waals surface area contributed by atoms with Gasteiger partial charge in [-0.15, -0.1) is 0 Å². The number of benzene rings is 1. The van der Waals surface area contributed by atoms with Crippen molar-refractivity contribution >= 4 is 13.3 Å². The molecule has 0 bridgehead atoms. The Morgan fingerprint density at radius 1 is 1.29 bits per heavy atom. The van der Waals surface area contributed by atoms with E-state index >= 15 is 0 Å². The largest absolute Gasteiger partial charge is 0.327 e. The lowest BCUT2D eigenvalue weighted by atomic mass is 10.1. The van der Waals surface area contributed by atoms with Gasteiger partial charge in [0.1, 0.15) is 0 Å². The summed E-state index contributed by atoms with van der Waals surface area (Å²) in [5, 5.41) is 0.893. The summed E-state index contributed by atoms with van der Waals surface area (Å²) in [6.45, 7) is 7.06. The third kappa shape index (κ3) is 5.06. The molecule has 0 heterocycles. The van der Waals surface area contributed by atoms with Crippen LogP contribution in [-0.4, -0.2) is 6.61 Å². The summed E-state index contributed by atoms with van der Waals surface area (Å²) in [6.07, 6.45) is 3.02. The van der Waals surface area contributed by atoms with Crippen LogP contribution in [0.1, 0.15) is 39.2 Å². The quantitative estimate of drug-likeness (QED) is 0.546. The lowest BCUT2D eigenvalue weighted by molar-refractivity contribution is 0.314. The molecule has 0 saturated carbocycles. The molecule has 1 atom stereocenters. The zero-order valence-corrected chi connectivity index (χ0v) is 12.0. The van der Waals surface area contributed by atoms with Gasteiger partial charge in [-0.25, -0.2) is 0 Å². The van der Waals surface area contributed by atoms with Crippen molar-refractivity contribution in [2.45, 2.75) is 40.0 Å². The average Bonchev–Trinajstić information content (AvgIpc) is 2.34. The van der Waals surface area contributed by atoms with Gasteiger partial charge in [-0.2, -0.15) is 0 Å². The minimum atomic E-state index is -2.06. The minimum absolute atomic E-state index is 0.605. The molecule has 0 amide bonds. The Hall–Kier alpha value is -0.590. The Kier molecular flexibility index (Phi) is 6.54. The molecule has 0 radical (unpaired) electrons. The monoisotopic (exact) mass is 254 g/mol. The molecule has 1 unspecified atom stereocenters. The summed E-state index contributed by atoms with van der Waals surface area (Å²) in [4.78, 5) is 0. The van der Waals surface area contributed by atoms with Crippen LogP contribution in [0.5, 0.6) is 0 Å². The van der Waals surface area contributed by atoms with Gasteiger partial charge in [-0.05, 0) is 36.8 Å². The third-order valence-corrected chi connectivity index (χ3v) is 4.17. The summed E-state index contributed by atoms with van der Waals surface area (Å²) in [5.74, 6) is 0.684. The molecule has 3 heteroatoms. The predicted molar refractivity (Wildman–Crippen MR) is 74.5 cm³/mol. The Labute approximate surface area is 105 Å². The van der Waals surface area contributed by atoms with Crippen LogP contribution >= 0.6 is 8.03 Å². The van der Waals surface area contributed by atoms with E-state index in [1.807, 2.05) is 24.3 Å². The highest BCUT2D eigenvalue weighted by Crippen LogP contribution is 2.24. The van der Waals surface area contributed by atoms with E-state index in [4.69, 9.17) is 4.52 Å². The van der Waals surface area contributed by atoms with Crippen LogP contribution < -0.4 is 5.30 Å². The maximum atomic E-state index is 12.0. The zero-order chi connectivity index (χ0) is 12.7. The Morgan fingerprint density at radius 2 is 2.00 bits per heavy atom. The van der Waals surface area contributed by atoms with Crippen molar-refractivity contribution in [3.8, 4) is 0 Å². The first-order valence-electron chi connectivity index (χ1n) is 6.40. The molecule has 0 aliphatic rings. The van der Waals surface area contributed by atoms with Crippen LogP contribution in [0.3, 0.4) is 0 Å². The van der Waals surface area contributed by atoms with Crippen LogP contribution in [0.4, 0.5) is 0 Å². The fraction of sp³-hybridized carbons (Fsp3) is 0.571. The highest BCUT2D eigenvalue weighted by molar-refractivity contribution is 7.48. The summed E-state index contributed by atoms with van der Waals surface area (Å²) in [5.41, 5.74) is 1.14. The van der Waals surface area contributed by atoms with Gasteiger partial charge in [-0.3, -0.25) is 4.57 Å². The molecule has 0 fully saturated rings. The van der Waals surface area contributed by atoms with Gasteiger partial charge in [-0.1, -0.05) is 39.0 Å². The summed E-state index contributed by atoms with van der Waals surface area (Å²) >= 11 is 0. The summed E-state index contributed by atoms with van der Waals surface area (Å²) < 4.78 is 17.5. The summed E-state index contributed by atoms with van der Waals surface area (Å²) in [7, 11) is -2.06. The van der Waals surface area contributed by atoms with Gasteiger partial charge < -0.3 is 4.52 Å². The number of hydrogen-bond donors (Lipinski definition) is 0. The molecule has 0 saturated heterocycles. The van der Waals surface area contributed by atoms with E-state index in [1.54, 1.807) is 0 Å². The lowest BCUT2D eigenvalue weighted by Gasteiger charge is -2.09. The smallest absolute Gasteiger partial charge is 0.220 e. The van der Waals surface area contributed by atoms with Gasteiger partial charge >= 0.3 is 0 Å². The van der Waals surface area contributed by atoms with Crippen molar-refractivity contribution in [3.05, 3.63) is 29.8 Å². The highest BCUT2D eigenvalue weighted by Gasteiger charge is 2.08. The first kappa shape index (κ1) is 14.5. The van der Waals surface area contributed by atoms with Crippen LogP contribution in [0.25, 0.3) is 0 Å². The molecule has 0 aromatic heterocycles. The molecule has 0 spiro atoms. The Morgan fingerprint density at radius 3 is 2.65 bits per heavy atom. The van der Waals surface area contributed by atoms with Crippen molar-refractivity contribution < 1.29 is 9.09 Å². The maximum Gasteiger partial charge on any atom is 0.220 e. The molecular formula is C14H23O2P. The van der Waals surface area contributed by atoms with E-state index < -0.39 is 8.03 Å². The molecule has 96 valence electrons. The summed E-state index contributed by atoms with van der Waals surface area (Å²) in [6, 6.07) is 7.85. The molecule has 0 aliphatic carbocycles. The molecule has 1 aromatic carbocycles. The molecule has 0 aliphatic heterocycles. The van der Waals surface area contributed by atoms with Crippen molar-refractivity contribution in [2.75, 3.05) is 6.61 Å². The van der Waals surface area contributed by atoms with Crippen molar-refractivity contribution in [3.63, 3.8) is 0 Å². The van der Waals surface area contributed by atoms with Crippen LogP contribution in [0, 0.1) is 5.92 Å². The van der Waals surface area contributed by atoms with E-state index in [2.05, 4.69) is 20.8 Å². The second-order valence-electron chi connectivity index (χ2n) is 4.68. The average molecular weight is 254 g/mol. The molecule has 2 nitrogen and oxygen atoms in total. The van der Waals surface area contributed by atoms with Crippen LogP contribution in [0.15, 0.2) is 24.3 Å². The third-order valence-electron chi connectivity index (χ3n) is 2.78. The molecule has 1 aromatic rings. The number of aryl methyl sites for hydroxylation is 1. The van der Waals surface area contributed by atoms with E-state index in [-0.39, 0.29) is 0 Å². The molecular weight excluding hydrogens is 231 g/mol. The highest BCUT2D eigenvalue weighted by atomic mass is 31.1. The van der Waals surface area contributed by atoms with Gasteiger partial charge in [0.15, 0.2) is 0 Å². The molecule has 1 rings (SSSR count). The minimum Gasteiger partial charge on any atom is -0.327 e. The topological polar surface area (TPSA) is 26.3 Å². The molecule has 17 heavy (non-hydrogen) atoms. The van der Waals surface area contributed by atoms with Crippen molar-refractivity contribution in [1.29, 1.82) is 0 Å². The van der Waals surface area contributed by atoms with E-state index in [1.165, 1.54) is 0 Å². The zero-order valence-electron chi connectivity index (χ0n) is 11.0. The van der Waals surface area contributed by atoms with Crippen molar-refractivity contribution in [1.82, 2.24) is 0 Å². The number of rotatable bonds is 7. The van der Waals surface area contributed by atoms with Gasteiger partial charge in [0.2, 0.25) is 8.03 Å². The van der Waals surface area contributed by atoms with Crippen LogP contribution in [0.2, 0.25) is 0 Å². The first-order chi connectivity index (χ1) is 8.15.